The Morgan fingerprint density at radius 2 is 2.00 bits per heavy atom. The van der Waals surface area contributed by atoms with Crippen LogP contribution in [-0.4, -0.2) is 19.7 Å². The third-order valence-corrected chi connectivity index (χ3v) is 3.48. The van der Waals surface area contributed by atoms with Crippen molar-refractivity contribution in [3.05, 3.63) is 30.3 Å². The van der Waals surface area contributed by atoms with Crippen molar-refractivity contribution in [2.45, 2.75) is 38.1 Å². The lowest BCUT2D eigenvalue weighted by atomic mass is 10.1. The lowest BCUT2D eigenvalue weighted by Crippen LogP contribution is -2.27. The van der Waals surface area contributed by atoms with Gasteiger partial charge in [0.15, 0.2) is 0 Å². The van der Waals surface area contributed by atoms with Gasteiger partial charge in [0.05, 0.1) is 6.61 Å². The normalized spacial score (nSPS) is 16.8. The molecular weight excluding hydrogens is 210 g/mol. The van der Waals surface area contributed by atoms with Crippen molar-refractivity contribution in [1.82, 2.24) is 5.32 Å². The minimum Gasteiger partial charge on any atom is -0.494 e. The second-order valence-electron chi connectivity index (χ2n) is 4.89. The van der Waals surface area contributed by atoms with E-state index >= 15 is 0 Å². The maximum absolute atomic E-state index is 5.68. The zero-order chi connectivity index (χ0) is 11.9. The Morgan fingerprint density at radius 1 is 1.24 bits per heavy atom. The zero-order valence-corrected chi connectivity index (χ0v) is 10.7. The molecular formula is C15H23NO. The summed E-state index contributed by atoms with van der Waals surface area (Å²) in [5, 5.41) is 3.43. The van der Waals surface area contributed by atoms with Crippen molar-refractivity contribution in [2.24, 2.45) is 5.92 Å². The molecule has 1 saturated carbocycles. The van der Waals surface area contributed by atoms with E-state index < -0.39 is 0 Å². The minimum atomic E-state index is 0.742. The molecule has 0 saturated heterocycles. The number of para-hydroxylation sites is 1. The molecule has 0 amide bonds. The summed E-state index contributed by atoms with van der Waals surface area (Å²) < 4.78 is 5.68. The summed E-state index contributed by atoms with van der Waals surface area (Å²) in [7, 11) is 2.09. The highest BCUT2D eigenvalue weighted by Gasteiger charge is 2.29. The summed E-state index contributed by atoms with van der Waals surface area (Å²) in [4.78, 5) is 0. The number of rotatable bonds is 8. The quantitative estimate of drug-likeness (QED) is 0.696. The van der Waals surface area contributed by atoms with E-state index in [0.29, 0.717) is 0 Å². The third-order valence-electron chi connectivity index (χ3n) is 3.48. The Balaban J connectivity index is 1.54. The summed E-state index contributed by atoms with van der Waals surface area (Å²) in [5.74, 6) is 1.94. The van der Waals surface area contributed by atoms with E-state index in [1.165, 1.54) is 25.7 Å². The Kier molecular flexibility index (Phi) is 4.87. The molecule has 0 radical (unpaired) electrons. The van der Waals surface area contributed by atoms with Gasteiger partial charge in [0.1, 0.15) is 5.75 Å². The van der Waals surface area contributed by atoms with Gasteiger partial charge < -0.3 is 10.1 Å². The number of hydrogen-bond acceptors (Lipinski definition) is 2. The van der Waals surface area contributed by atoms with E-state index in [0.717, 1.165) is 30.7 Å². The van der Waals surface area contributed by atoms with E-state index in [9.17, 15) is 0 Å². The maximum Gasteiger partial charge on any atom is 0.119 e. The van der Waals surface area contributed by atoms with Crippen LogP contribution in [0.3, 0.4) is 0 Å². The largest absolute Gasteiger partial charge is 0.494 e. The molecule has 1 unspecified atom stereocenters. The summed E-state index contributed by atoms with van der Waals surface area (Å²) >= 11 is 0. The Hall–Kier alpha value is -1.02. The third kappa shape index (κ3) is 4.39. The number of benzene rings is 1. The number of nitrogens with one attached hydrogen (secondary N) is 1. The van der Waals surface area contributed by atoms with E-state index in [1.54, 1.807) is 0 Å². The molecule has 0 heterocycles. The van der Waals surface area contributed by atoms with Crippen LogP contribution in [0, 0.1) is 5.92 Å². The Labute approximate surface area is 104 Å². The summed E-state index contributed by atoms with van der Waals surface area (Å²) in [5.41, 5.74) is 0. The van der Waals surface area contributed by atoms with Crippen LogP contribution in [0.5, 0.6) is 5.75 Å². The molecule has 1 N–H and O–H groups in total. The predicted molar refractivity (Wildman–Crippen MR) is 71.4 cm³/mol. The second-order valence-corrected chi connectivity index (χ2v) is 4.89. The van der Waals surface area contributed by atoms with Crippen molar-refractivity contribution >= 4 is 0 Å². The van der Waals surface area contributed by atoms with Crippen LogP contribution in [0.15, 0.2) is 30.3 Å². The molecule has 1 fully saturated rings. The molecule has 0 aliphatic heterocycles. The van der Waals surface area contributed by atoms with Crippen molar-refractivity contribution in [3.8, 4) is 5.75 Å². The molecule has 94 valence electrons. The lowest BCUT2D eigenvalue weighted by molar-refractivity contribution is 0.299. The van der Waals surface area contributed by atoms with Gasteiger partial charge in [-0.15, -0.1) is 0 Å². The standard InChI is InChI=1S/C15H23NO/c1-16-15(13-10-11-13)9-5-6-12-17-14-7-3-2-4-8-14/h2-4,7-8,13,15-16H,5-6,9-12H2,1H3. The molecule has 0 aromatic heterocycles. The fourth-order valence-corrected chi connectivity index (χ4v) is 2.29. The predicted octanol–water partition coefficient (Wildman–Crippen LogP) is 3.23. The van der Waals surface area contributed by atoms with Gasteiger partial charge in [-0.1, -0.05) is 18.2 Å². The van der Waals surface area contributed by atoms with Gasteiger partial charge in [-0.25, -0.2) is 0 Å². The van der Waals surface area contributed by atoms with Crippen LogP contribution in [0.1, 0.15) is 32.1 Å². The molecule has 17 heavy (non-hydrogen) atoms. The van der Waals surface area contributed by atoms with Crippen LogP contribution in [-0.2, 0) is 0 Å². The fraction of sp³-hybridized carbons (Fsp3) is 0.600. The van der Waals surface area contributed by atoms with Crippen molar-refractivity contribution < 1.29 is 4.74 Å². The second kappa shape index (κ2) is 6.65. The molecule has 1 aromatic carbocycles. The van der Waals surface area contributed by atoms with E-state index in [4.69, 9.17) is 4.74 Å². The van der Waals surface area contributed by atoms with E-state index in [2.05, 4.69) is 12.4 Å². The van der Waals surface area contributed by atoms with Crippen LogP contribution in [0.2, 0.25) is 0 Å². The molecule has 2 rings (SSSR count). The molecule has 1 atom stereocenters. The molecule has 1 aliphatic rings. The van der Waals surface area contributed by atoms with Gasteiger partial charge >= 0.3 is 0 Å². The molecule has 2 nitrogen and oxygen atoms in total. The van der Waals surface area contributed by atoms with Crippen LogP contribution in [0.25, 0.3) is 0 Å². The van der Waals surface area contributed by atoms with Gasteiger partial charge in [-0.05, 0) is 57.2 Å². The van der Waals surface area contributed by atoms with Gasteiger partial charge in [-0.3, -0.25) is 0 Å². The maximum atomic E-state index is 5.68. The molecule has 0 bridgehead atoms. The highest BCUT2D eigenvalue weighted by atomic mass is 16.5. The molecule has 2 heteroatoms. The monoisotopic (exact) mass is 233 g/mol. The van der Waals surface area contributed by atoms with Crippen LogP contribution < -0.4 is 10.1 Å². The molecule has 1 aliphatic carbocycles. The lowest BCUT2D eigenvalue weighted by Gasteiger charge is -2.14. The number of ether oxygens (including phenoxy) is 1. The first-order chi connectivity index (χ1) is 8.40. The summed E-state index contributed by atoms with van der Waals surface area (Å²) in [6.45, 7) is 0.838. The topological polar surface area (TPSA) is 21.3 Å². The number of unbranched alkanes of at least 4 members (excludes halogenated alkanes) is 1. The summed E-state index contributed by atoms with van der Waals surface area (Å²) in [6.07, 6.45) is 6.55. The number of hydrogen-bond donors (Lipinski definition) is 1. The van der Waals surface area contributed by atoms with Gasteiger partial charge in [0.25, 0.3) is 0 Å². The zero-order valence-electron chi connectivity index (χ0n) is 10.7. The van der Waals surface area contributed by atoms with Crippen molar-refractivity contribution in [3.63, 3.8) is 0 Å². The van der Waals surface area contributed by atoms with E-state index in [1.807, 2.05) is 30.3 Å². The highest BCUT2D eigenvalue weighted by Crippen LogP contribution is 2.34. The van der Waals surface area contributed by atoms with Crippen molar-refractivity contribution in [1.29, 1.82) is 0 Å². The SMILES string of the molecule is CNC(CCCCOc1ccccc1)C1CC1. The van der Waals surface area contributed by atoms with Crippen LogP contribution >= 0.6 is 0 Å². The molecule has 1 aromatic rings. The smallest absolute Gasteiger partial charge is 0.119 e. The van der Waals surface area contributed by atoms with Crippen molar-refractivity contribution in [2.75, 3.05) is 13.7 Å². The highest BCUT2D eigenvalue weighted by molar-refractivity contribution is 5.20. The first kappa shape index (κ1) is 12.4. The average Bonchev–Trinajstić information content (AvgIpc) is 3.19. The summed E-state index contributed by atoms with van der Waals surface area (Å²) in [6, 6.07) is 10.8. The van der Waals surface area contributed by atoms with Gasteiger partial charge in [0.2, 0.25) is 0 Å². The Bertz CT molecular complexity index is 308. The first-order valence-corrected chi connectivity index (χ1v) is 6.75. The van der Waals surface area contributed by atoms with E-state index in [-0.39, 0.29) is 0 Å². The van der Waals surface area contributed by atoms with Gasteiger partial charge in [-0.2, -0.15) is 0 Å². The van der Waals surface area contributed by atoms with Crippen LogP contribution in [0.4, 0.5) is 0 Å². The Morgan fingerprint density at radius 3 is 2.65 bits per heavy atom. The minimum absolute atomic E-state index is 0.742. The fourth-order valence-electron chi connectivity index (χ4n) is 2.29. The molecule has 0 spiro atoms. The van der Waals surface area contributed by atoms with Gasteiger partial charge in [0, 0.05) is 6.04 Å². The average molecular weight is 233 g/mol. The first-order valence-electron chi connectivity index (χ1n) is 6.75.